The summed E-state index contributed by atoms with van der Waals surface area (Å²) in [5.74, 6) is -1.10. The molecule has 1 aliphatic rings. The van der Waals surface area contributed by atoms with Gasteiger partial charge in [-0.1, -0.05) is 0 Å². The van der Waals surface area contributed by atoms with Crippen molar-refractivity contribution in [3.63, 3.8) is 0 Å². The molecule has 1 amide bonds. The van der Waals surface area contributed by atoms with E-state index in [0.717, 1.165) is 27.7 Å². The smallest absolute Gasteiger partial charge is 0.305 e. The topological polar surface area (TPSA) is 144 Å². The third-order valence-corrected chi connectivity index (χ3v) is 3.81. The molecule has 0 radical (unpaired) electrons. The first-order chi connectivity index (χ1) is 14.0. The molecule has 0 aromatic heterocycles. The first-order valence-electron chi connectivity index (χ1n) is 9.08. The largest absolute Gasteiger partial charge is 0.463 e. The van der Waals surface area contributed by atoms with E-state index < -0.39 is 60.4 Å². The number of rotatable bonds is 8. The van der Waals surface area contributed by atoms with Crippen molar-refractivity contribution in [2.24, 2.45) is 0 Å². The predicted octanol–water partition coefficient (Wildman–Crippen LogP) is -0.401. The molecule has 0 aromatic carbocycles. The number of ether oxygens (including phenoxy) is 5. The van der Waals surface area contributed by atoms with Crippen LogP contribution < -0.4 is 5.32 Å². The molecule has 11 nitrogen and oxygen atoms in total. The van der Waals surface area contributed by atoms with E-state index in [4.69, 9.17) is 30.1 Å². The van der Waals surface area contributed by atoms with E-state index >= 15 is 0 Å². The molecule has 1 rings (SSSR count). The van der Waals surface area contributed by atoms with E-state index in [0.29, 0.717) is 0 Å². The summed E-state index contributed by atoms with van der Waals surface area (Å²) in [6, 6.07) is -1.22. The van der Waals surface area contributed by atoms with Crippen LogP contribution in [0.4, 0.5) is 0 Å². The highest BCUT2D eigenvalue weighted by Crippen LogP contribution is 2.28. The Hall–Kier alpha value is -3.13. The fourth-order valence-electron chi connectivity index (χ4n) is 2.76. The summed E-state index contributed by atoms with van der Waals surface area (Å²) in [5, 5.41) is 2.54. The molecule has 1 aliphatic heterocycles. The molecule has 0 spiro atoms. The highest BCUT2D eigenvalue weighted by atomic mass is 16.7. The Kier molecular flexibility index (Phi) is 9.77. The molecule has 2 unspecified atom stereocenters. The number of hydrogen-bond donors (Lipinski definition) is 1. The molecule has 166 valence electrons. The van der Waals surface area contributed by atoms with E-state index in [1.54, 1.807) is 0 Å². The molecular formula is C19H25NO10. The van der Waals surface area contributed by atoms with Gasteiger partial charge in [0.15, 0.2) is 12.2 Å². The monoisotopic (exact) mass is 427 g/mol. The Morgan fingerprint density at radius 1 is 0.900 bits per heavy atom. The highest BCUT2D eigenvalue weighted by Gasteiger charge is 2.52. The lowest BCUT2D eigenvalue weighted by molar-refractivity contribution is -0.271. The lowest BCUT2D eigenvalue weighted by Gasteiger charge is -2.44. The van der Waals surface area contributed by atoms with Crippen LogP contribution in [0, 0.1) is 12.3 Å². The predicted molar refractivity (Wildman–Crippen MR) is 98.2 cm³/mol. The molecule has 0 saturated carbocycles. The van der Waals surface area contributed by atoms with Gasteiger partial charge in [0, 0.05) is 40.5 Å². The fourth-order valence-corrected chi connectivity index (χ4v) is 2.76. The second-order valence-corrected chi connectivity index (χ2v) is 6.40. The van der Waals surface area contributed by atoms with Crippen LogP contribution in [0.5, 0.6) is 0 Å². The molecule has 30 heavy (non-hydrogen) atoms. The summed E-state index contributed by atoms with van der Waals surface area (Å²) in [6.45, 7) is 4.11. The summed E-state index contributed by atoms with van der Waals surface area (Å²) in [7, 11) is 0. The Bertz CT molecular complexity index is 713. The Morgan fingerprint density at radius 2 is 1.47 bits per heavy atom. The third-order valence-electron chi connectivity index (χ3n) is 3.81. The summed E-state index contributed by atoms with van der Waals surface area (Å²) in [6.07, 6.45) is 0.0964. The summed E-state index contributed by atoms with van der Waals surface area (Å²) in [5.41, 5.74) is 0. The number of terminal acetylenes is 1. The number of carbonyl (C=O) groups is 5. The van der Waals surface area contributed by atoms with Gasteiger partial charge in [-0.05, 0) is 0 Å². The van der Waals surface area contributed by atoms with Crippen LogP contribution >= 0.6 is 0 Å². The third kappa shape index (κ3) is 8.08. The Balaban J connectivity index is 3.30. The van der Waals surface area contributed by atoms with E-state index in [1.807, 2.05) is 0 Å². The molecule has 11 heteroatoms. The van der Waals surface area contributed by atoms with Gasteiger partial charge in [-0.25, -0.2) is 0 Å². The first-order valence-corrected chi connectivity index (χ1v) is 9.08. The molecule has 5 atom stereocenters. The number of amides is 1. The van der Waals surface area contributed by atoms with Gasteiger partial charge in [0.25, 0.3) is 0 Å². The van der Waals surface area contributed by atoms with Gasteiger partial charge in [-0.2, -0.15) is 0 Å². The molecule has 0 bridgehead atoms. The van der Waals surface area contributed by atoms with E-state index in [1.165, 1.54) is 0 Å². The summed E-state index contributed by atoms with van der Waals surface area (Å²) >= 11 is 0. The molecule has 1 heterocycles. The zero-order chi connectivity index (χ0) is 22.8. The van der Waals surface area contributed by atoms with E-state index in [9.17, 15) is 24.0 Å². The van der Waals surface area contributed by atoms with Gasteiger partial charge in [0.1, 0.15) is 18.8 Å². The maximum atomic E-state index is 12.2. The SMILES string of the molecule is C#CCCC(=O)N[C@H]1C(OC(C)=O)[C@@H](OC(C)=O)C(COC(C)=O)O[C@H]1OC(C)=O. The number of hydrogen-bond acceptors (Lipinski definition) is 10. The Morgan fingerprint density at radius 3 is 1.97 bits per heavy atom. The molecular weight excluding hydrogens is 402 g/mol. The molecule has 1 N–H and O–H groups in total. The summed E-state index contributed by atoms with van der Waals surface area (Å²) in [4.78, 5) is 58.4. The van der Waals surface area contributed by atoms with Crippen LogP contribution in [0.1, 0.15) is 40.5 Å². The van der Waals surface area contributed by atoms with Gasteiger partial charge in [-0.3, -0.25) is 24.0 Å². The van der Waals surface area contributed by atoms with Crippen molar-refractivity contribution in [2.45, 2.75) is 71.2 Å². The van der Waals surface area contributed by atoms with Crippen LogP contribution in [-0.4, -0.2) is 67.0 Å². The number of nitrogens with one attached hydrogen (secondary N) is 1. The van der Waals surface area contributed by atoms with Crippen LogP contribution in [0.3, 0.4) is 0 Å². The van der Waals surface area contributed by atoms with Gasteiger partial charge in [0.05, 0.1) is 0 Å². The summed E-state index contributed by atoms with van der Waals surface area (Å²) < 4.78 is 26.2. The molecule has 1 saturated heterocycles. The zero-order valence-corrected chi connectivity index (χ0v) is 17.2. The van der Waals surface area contributed by atoms with Crippen molar-refractivity contribution in [3.8, 4) is 12.3 Å². The zero-order valence-electron chi connectivity index (χ0n) is 17.2. The maximum absolute atomic E-state index is 12.2. The van der Waals surface area contributed by atoms with Gasteiger partial charge in [-0.15, -0.1) is 12.3 Å². The van der Waals surface area contributed by atoms with Crippen LogP contribution in [0.15, 0.2) is 0 Å². The van der Waals surface area contributed by atoms with E-state index in [-0.39, 0.29) is 19.4 Å². The minimum atomic E-state index is -1.42. The second-order valence-electron chi connectivity index (χ2n) is 6.40. The highest BCUT2D eigenvalue weighted by molar-refractivity contribution is 5.77. The normalized spacial score (nSPS) is 25.2. The van der Waals surface area contributed by atoms with Crippen molar-refractivity contribution in [2.75, 3.05) is 6.61 Å². The standard InChI is InChI=1S/C19H25NO10/c1-6-7-8-15(25)20-16-18(28-12(4)23)17(27-11(3)22)14(9-26-10(2)21)30-19(16)29-13(5)24/h1,14,16-19H,7-9H2,2-5H3,(H,20,25)/t14?,16-,17-,18?,19+/m0/s1. The average molecular weight is 427 g/mol. The number of esters is 4. The minimum Gasteiger partial charge on any atom is -0.463 e. The number of carbonyl (C=O) groups excluding carboxylic acids is 5. The van der Waals surface area contributed by atoms with Crippen molar-refractivity contribution in [1.29, 1.82) is 0 Å². The fraction of sp³-hybridized carbons (Fsp3) is 0.632. The van der Waals surface area contributed by atoms with Gasteiger partial charge in [0.2, 0.25) is 12.2 Å². The quantitative estimate of drug-likeness (QED) is 0.309. The minimum absolute atomic E-state index is 0.0539. The van der Waals surface area contributed by atoms with Crippen LogP contribution in [-0.2, 0) is 47.7 Å². The van der Waals surface area contributed by atoms with Crippen molar-refractivity contribution in [3.05, 3.63) is 0 Å². The molecule has 1 fully saturated rings. The van der Waals surface area contributed by atoms with Crippen LogP contribution in [0.25, 0.3) is 0 Å². The Labute approximate surface area is 173 Å². The first kappa shape index (κ1) is 24.9. The molecule has 0 aliphatic carbocycles. The van der Waals surface area contributed by atoms with Crippen molar-refractivity contribution >= 4 is 29.8 Å². The second kappa shape index (κ2) is 11.8. The van der Waals surface area contributed by atoms with Gasteiger partial charge < -0.3 is 29.0 Å². The van der Waals surface area contributed by atoms with Crippen molar-refractivity contribution < 1.29 is 47.7 Å². The lowest BCUT2D eigenvalue weighted by Crippen LogP contribution is -2.67. The van der Waals surface area contributed by atoms with E-state index in [2.05, 4.69) is 11.2 Å². The van der Waals surface area contributed by atoms with Gasteiger partial charge >= 0.3 is 23.9 Å². The molecule has 0 aromatic rings. The average Bonchev–Trinajstić information content (AvgIpc) is 2.62. The maximum Gasteiger partial charge on any atom is 0.305 e. The van der Waals surface area contributed by atoms with Crippen molar-refractivity contribution in [1.82, 2.24) is 5.32 Å². The lowest BCUT2D eigenvalue weighted by atomic mass is 9.96. The van der Waals surface area contributed by atoms with Crippen LogP contribution in [0.2, 0.25) is 0 Å².